The Labute approximate surface area is 336 Å². The quantitative estimate of drug-likeness (QED) is 0.0948. The zero-order chi connectivity index (χ0) is 35.5. The van der Waals surface area contributed by atoms with Gasteiger partial charge in [0.15, 0.2) is 0 Å². The average molecular weight is 910 g/mol. The molecule has 262 valence electrons. The molecule has 8 aromatic carbocycles. The van der Waals surface area contributed by atoms with Crippen molar-refractivity contribution < 1.29 is 21.1 Å². The second kappa shape index (κ2) is 16.4. The number of rotatable bonds is 10. The monoisotopic (exact) mass is 909 g/mol. The second-order valence-electron chi connectivity index (χ2n) is 13.8. The molecule has 0 atom stereocenters. The fourth-order valence-corrected chi connectivity index (χ4v) is 13.4. The van der Waals surface area contributed by atoms with Crippen molar-refractivity contribution in [2.45, 2.75) is 17.7 Å². The minimum atomic E-state index is -1.10. The normalized spacial score (nSPS) is 12.6. The predicted molar refractivity (Wildman–Crippen MR) is 230 cm³/mol. The van der Waals surface area contributed by atoms with E-state index in [2.05, 4.69) is 218 Å². The Morgan fingerprint density at radius 1 is 0.333 bits per heavy atom. The van der Waals surface area contributed by atoms with Gasteiger partial charge in [-0.3, -0.25) is 0 Å². The molecule has 0 heterocycles. The Hall–Kier alpha value is -4.69. The molecule has 0 nitrogen and oxygen atoms in total. The zero-order valence-corrected chi connectivity index (χ0v) is 34.1. The van der Waals surface area contributed by atoms with Crippen LogP contribution in [0.4, 0.5) is 0 Å². The Kier molecular flexibility index (Phi) is 11.0. The first kappa shape index (κ1) is 36.3. The van der Waals surface area contributed by atoms with Crippen molar-refractivity contribution in [1.29, 1.82) is 0 Å². The van der Waals surface area contributed by atoms with Gasteiger partial charge in [0.2, 0.25) is 0 Å². The van der Waals surface area contributed by atoms with Crippen molar-refractivity contribution >= 4 is 37.1 Å². The van der Waals surface area contributed by atoms with Crippen LogP contribution in [0, 0.1) is 12.1 Å². The molecular formula is C51H40P2Pt+2. The standard InChI is InChI=1S/C51H38P2.Pt/c1-5-23-43(24-6-1)52(44-25-7-2-8-26-44)37-39-19-17-21-41(35-39)51(49-33-15-13-31-47(49)48-32-14-16-34-50(48)51)42-22-18-20-40(36-42)38-53(45-27-9-3-10-28-45)46-29-11-4-12-30-46;/h1-34H,37-38H2;/q-2;+2/p+2. The topological polar surface area (TPSA) is 0 Å². The third-order valence-electron chi connectivity index (χ3n) is 10.7. The molecular weight excluding hydrogens is 870 g/mol. The zero-order valence-electron chi connectivity index (χ0n) is 29.9. The summed E-state index contributed by atoms with van der Waals surface area (Å²) in [5.74, 6) is 0. The van der Waals surface area contributed by atoms with E-state index in [1.165, 1.54) is 65.7 Å². The van der Waals surface area contributed by atoms with Crippen LogP contribution in [0.1, 0.15) is 33.4 Å². The molecule has 0 amide bonds. The summed E-state index contributed by atoms with van der Waals surface area (Å²) in [6.07, 6.45) is 1.91. The Morgan fingerprint density at radius 2 is 0.648 bits per heavy atom. The molecule has 1 aliphatic rings. The first-order valence-corrected chi connectivity index (χ1v) is 21.9. The number of fused-ring (bicyclic) bond motifs is 3. The minimum Gasteiger partial charge on any atom is -0.172 e. The van der Waals surface area contributed by atoms with Gasteiger partial charge in [-0.15, -0.1) is 22.3 Å². The average Bonchev–Trinajstić information content (AvgIpc) is 3.55. The Bertz CT molecular complexity index is 2210. The molecule has 0 unspecified atom stereocenters. The van der Waals surface area contributed by atoms with Gasteiger partial charge in [-0.1, -0.05) is 121 Å². The van der Waals surface area contributed by atoms with Gasteiger partial charge < -0.3 is 0 Å². The molecule has 0 radical (unpaired) electrons. The second-order valence-corrected chi connectivity index (χ2v) is 18.7. The molecule has 0 N–H and O–H groups in total. The van der Waals surface area contributed by atoms with E-state index in [-0.39, 0.29) is 21.1 Å². The smallest absolute Gasteiger partial charge is 0.172 e. The van der Waals surface area contributed by atoms with Gasteiger partial charge in [-0.05, 0) is 70.8 Å². The van der Waals surface area contributed by atoms with Crippen molar-refractivity contribution in [3.63, 3.8) is 0 Å². The number of hydrogen-bond donors (Lipinski definition) is 0. The number of benzene rings is 8. The maximum Gasteiger partial charge on any atom is 2.00 e. The van der Waals surface area contributed by atoms with E-state index >= 15 is 0 Å². The van der Waals surface area contributed by atoms with E-state index in [1.54, 1.807) is 0 Å². The van der Waals surface area contributed by atoms with Crippen LogP contribution in [0.2, 0.25) is 0 Å². The summed E-state index contributed by atoms with van der Waals surface area (Å²) < 4.78 is 0. The largest absolute Gasteiger partial charge is 2.00 e. The molecule has 0 saturated carbocycles. The van der Waals surface area contributed by atoms with Crippen molar-refractivity contribution in [2.24, 2.45) is 0 Å². The van der Waals surface area contributed by atoms with Crippen LogP contribution < -0.4 is 21.2 Å². The van der Waals surface area contributed by atoms with Crippen LogP contribution in [0.5, 0.6) is 0 Å². The summed E-state index contributed by atoms with van der Waals surface area (Å²) >= 11 is 0. The minimum absolute atomic E-state index is 0. The first-order valence-electron chi connectivity index (χ1n) is 18.4. The van der Waals surface area contributed by atoms with Crippen molar-refractivity contribution in [1.82, 2.24) is 0 Å². The van der Waals surface area contributed by atoms with E-state index < -0.39 is 21.3 Å². The van der Waals surface area contributed by atoms with Gasteiger partial charge in [-0.2, -0.15) is 48.5 Å². The summed E-state index contributed by atoms with van der Waals surface area (Å²) in [6.45, 7) is 0. The van der Waals surface area contributed by atoms with E-state index in [4.69, 9.17) is 0 Å². The fourth-order valence-electron chi connectivity index (χ4n) is 8.32. The molecule has 0 spiro atoms. The molecule has 9 rings (SSSR count). The molecule has 0 bridgehead atoms. The molecule has 54 heavy (non-hydrogen) atoms. The maximum atomic E-state index is 4.10. The SMILES string of the molecule is [Pt+2].[c-]1c(C[PH+](c2ccccc2)c2ccccc2)cccc1C1(c2[c-]c(C[PH+](c3ccccc3)c3ccccc3)ccc2)c2ccccc2-c2ccccc21. The molecule has 0 aliphatic heterocycles. The van der Waals surface area contributed by atoms with Crippen LogP contribution in [-0.2, 0) is 38.8 Å². The van der Waals surface area contributed by atoms with E-state index in [1.807, 2.05) is 0 Å². The van der Waals surface area contributed by atoms with Crippen molar-refractivity contribution in [3.05, 3.63) is 252 Å². The van der Waals surface area contributed by atoms with Gasteiger partial charge in [0.1, 0.15) is 0 Å². The van der Waals surface area contributed by atoms with Crippen LogP contribution in [-0.4, -0.2) is 0 Å². The summed E-state index contributed by atoms with van der Waals surface area (Å²) in [5, 5.41) is 5.68. The molecule has 3 heteroatoms. The van der Waals surface area contributed by atoms with E-state index in [0.29, 0.717) is 0 Å². The van der Waals surface area contributed by atoms with E-state index in [9.17, 15) is 0 Å². The summed E-state index contributed by atoms with van der Waals surface area (Å²) in [7, 11) is -2.21. The van der Waals surface area contributed by atoms with Crippen LogP contribution in [0.15, 0.2) is 206 Å². The predicted octanol–water partition coefficient (Wildman–Crippen LogP) is 10.4. The van der Waals surface area contributed by atoms with Gasteiger partial charge in [0, 0.05) is 5.41 Å². The summed E-state index contributed by atoms with van der Waals surface area (Å²) in [6, 6.07) is 84.2. The van der Waals surface area contributed by atoms with E-state index in [0.717, 1.165) is 12.3 Å². The van der Waals surface area contributed by atoms with Gasteiger partial charge in [0.25, 0.3) is 0 Å². The van der Waals surface area contributed by atoms with Gasteiger partial charge in [-0.25, -0.2) is 0 Å². The van der Waals surface area contributed by atoms with Gasteiger partial charge >= 0.3 is 21.1 Å². The van der Waals surface area contributed by atoms with Crippen molar-refractivity contribution in [2.75, 3.05) is 0 Å². The molecule has 0 aromatic heterocycles. The summed E-state index contributed by atoms with van der Waals surface area (Å²) in [4.78, 5) is 0. The maximum absolute atomic E-state index is 4.10. The Morgan fingerprint density at radius 3 is 1.00 bits per heavy atom. The van der Waals surface area contributed by atoms with Crippen LogP contribution in [0.3, 0.4) is 0 Å². The Balaban J connectivity index is 0.00000413. The molecule has 0 fully saturated rings. The summed E-state index contributed by atoms with van der Waals surface area (Å²) in [5.41, 5.74) is 9.49. The fraction of sp³-hybridized carbons (Fsp3) is 0.0588. The van der Waals surface area contributed by atoms with Crippen LogP contribution >= 0.6 is 15.8 Å². The molecule has 1 aliphatic carbocycles. The molecule has 0 saturated heterocycles. The van der Waals surface area contributed by atoms with Gasteiger partial charge in [0.05, 0.1) is 49.4 Å². The van der Waals surface area contributed by atoms with Crippen molar-refractivity contribution in [3.8, 4) is 11.1 Å². The third kappa shape index (κ3) is 6.89. The third-order valence-corrected chi connectivity index (χ3v) is 16.3. The molecule has 8 aromatic rings. The first-order chi connectivity index (χ1) is 26.3. The number of hydrogen-bond acceptors (Lipinski definition) is 0. The van der Waals surface area contributed by atoms with Crippen LogP contribution in [0.25, 0.3) is 11.1 Å².